The molecule has 0 fully saturated rings. The first kappa shape index (κ1) is 15.2. The van der Waals surface area contributed by atoms with Crippen LogP contribution in [0.2, 0.25) is 0 Å². The number of unbranched alkanes of at least 4 members (excludes halogenated alkanes) is 3. The molecule has 0 spiro atoms. The summed E-state index contributed by atoms with van der Waals surface area (Å²) in [6, 6.07) is 4.92. The number of rotatable bonds is 5. The van der Waals surface area contributed by atoms with E-state index in [1.165, 1.54) is 62.5 Å². The molecule has 0 saturated carbocycles. The quantitative estimate of drug-likeness (QED) is 0.462. The molecule has 0 aliphatic heterocycles. The van der Waals surface area contributed by atoms with Crippen LogP contribution in [0.25, 0.3) is 6.08 Å². The minimum Gasteiger partial charge on any atom is -0.0721 e. The number of fused-ring (bicyclic) bond motifs is 2. The summed E-state index contributed by atoms with van der Waals surface area (Å²) in [5.74, 6) is 1.58. The fraction of sp³-hybridized carbons (Fsp3) is 0.500. The minimum atomic E-state index is 0. The van der Waals surface area contributed by atoms with E-state index in [0.717, 1.165) is 0 Å². The summed E-state index contributed by atoms with van der Waals surface area (Å²) in [5, 5.41) is 0. The van der Waals surface area contributed by atoms with E-state index in [4.69, 9.17) is 0 Å². The third-order valence-electron chi connectivity index (χ3n) is 4.37. The molecule has 2 aliphatic carbocycles. The van der Waals surface area contributed by atoms with Crippen LogP contribution in [0.3, 0.4) is 0 Å². The second-order valence-electron chi connectivity index (χ2n) is 5.73. The van der Waals surface area contributed by atoms with Crippen LogP contribution in [0.4, 0.5) is 0 Å². The molecule has 0 aromatic heterocycles. The van der Waals surface area contributed by atoms with Gasteiger partial charge < -0.3 is 0 Å². The van der Waals surface area contributed by atoms with Crippen molar-refractivity contribution in [3.05, 3.63) is 46.4 Å². The second kappa shape index (κ2) is 7.02. The largest absolute Gasteiger partial charge is 0.0721 e. The SMILES string of the molecule is CCCCCC[C]1C=Cc2cc3c(cc21)CCC3.[Hf]. The maximum absolute atomic E-state index is 2.48. The van der Waals surface area contributed by atoms with Gasteiger partial charge in [-0.3, -0.25) is 0 Å². The summed E-state index contributed by atoms with van der Waals surface area (Å²) >= 11 is 0. The molecule has 0 nitrogen and oxygen atoms in total. The molecule has 2 aliphatic rings. The minimum absolute atomic E-state index is 0. The molecule has 0 N–H and O–H groups in total. The van der Waals surface area contributed by atoms with Crippen LogP contribution in [-0.4, -0.2) is 0 Å². The fourth-order valence-corrected chi connectivity index (χ4v) is 3.30. The average molecular weight is 418 g/mol. The van der Waals surface area contributed by atoms with Crippen molar-refractivity contribution in [2.75, 3.05) is 0 Å². The van der Waals surface area contributed by atoms with Gasteiger partial charge in [0.1, 0.15) is 0 Å². The van der Waals surface area contributed by atoms with Crippen LogP contribution >= 0.6 is 0 Å². The van der Waals surface area contributed by atoms with Crippen LogP contribution < -0.4 is 0 Å². The van der Waals surface area contributed by atoms with Gasteiger partial charge in [0.15, 0.2) is 0 Å². The molecule has 0 heterocycles. The van der Waals surface area contributed by atoms with Crippen LogP contribution in [0.15, 0.2) is 18.2 Å². The van der Waals surface area contributed by atoms with Crippen LogP contribution in [0.1, 0.15) is 67.7 Å². The van der Waals surface area contributed by atoms with Crippen LogP contribution in [-0.2, 0) is 38.7 Å². The maximum Gasteiger partial charge on any atom is 0.0273 e. The zero-order valence-electron chi connectivity index (χ0n) is 12.0. The molecule has 99 valence electrons. The van der Waals surface area contributed by atoms with Crippen molar-refractivity contribution < 1.29 is 25.8 Å². The van der Waals surface area contributed by atoms with Crippen molar-refractivity contribution in [3.63, 3.8) is 0 Å². The van der Waals surface area contributed by atoms with Gasteiger partial charge in [-0.05, 0) is 47.9 Å². The van der Waals surface area contributed by atoms with E-state index in [2.05, 4.69) is 31.2 Å². The molecule has 1 aromatic rings. The Balaban J connectivity index is 0.00000133. The summed E-state index contributed by atoms with van der Waals surface area (Å²) in [6.45, 7) is 2.28. The Labute approximate surface area is 136 Å². The molecular formula is C18H23Hf. The number of aryl methyl sites for hydroxylation is 2. The van der Waals surface area contributed by atoms with E-state index < -0.39 is 0 Å². The molecule has 0 unspecified atom stereocenters. The van der Waals surface area contributed by atoms with E-state index >= 15 is 0 Å². The molecule has 0 bridgehead atoms. The summed E-state index contributed by atoms with van der Waals surface area (Å²) in [6.07, 6.45) is 15.3. The van der Waals surface area contributed by atoms with Crippen molar-refractivity contribution in [2.45, 2.75) is 58.3 Å². The van der Waals surface area contributed by atoms with Gasteiger partial charge in [-0.15, -0.1) is 0 Å². The average Bonchev–Trinajstić information content (AvgIpc) is 2.98. The van der Waals surface area contributed by atoms with Crippen LogP contribution in [0.5, 0.6) is 0 Å². The first-order valence-electron chi connectivity index (χ1n) is 7.58. The molecule has 19 heavy (non-hydrogen) atoms. The normalized spacial score (nSPS) is 16.3. The Hall–Kier alpha value is -0.170. The molecule has 0 saturated heterocycles. The zero-order valence-corrected chi connectivity index (χ0v) is 15.6. The smallest absolute Gasteiger partial charge is 0.0273 e. The zero-order chi connectivity index (χ0) is 12.4. The molecular weight excluding hydrogens is 395 g/mol. The Morgan fingerprint density at radius 1 is 0.947 bits per heavy atom. The molecule has 1 heteroatoms. The number of benzene rings is 1. The van der Waals surface area contributed by atoms with Gasteiger partial charge >= 0.3 is 0 Å². The summed E-state index contributed by atoms with van der Waals surface area (Å²) in [5.41, 5.74) is 6.22. The van der Waals surface area contributed by atoms with Gasteiger partial charge in [-0.2, -0.15) is 0 Å². The Kier molecular flexibility index (Phi) is 5.62. The maximum atomic E-state index is 2.48. The third-order valence-corrected chi connectivity index (χ3v) is 4.37. The summed E-state index contributed by atoms with van der Waals surface area (Å²) in [7, 11) is 0. The van der Waals surface area contributed by atoms with Gasteiger partial charge in [-0.1, -0.05) is 56.9 Å². The van der Waals surface area contributed by atoms with Crippen molar-refractivity contribution >= 4 is 6.08 Å². The van der Waals surface area contributed by atoms with Gasteiger partial charge in [0.2, 0.25) is 0 Å². The van der Waals surface area contributed by atoms with E-state index in [-0.39, 0.29) is 25.8 Å². The first-order valence-corrected chi connectivity index (χ1v) is 7.58. The van der Waals surface area contributed by atoms with Gasteiger partial charge in [0.25, 0.3) is 0 Å². The predicted octanol–water partition coefficient (Wildman–Crippen LogP) is 5.09. The number of allylic oxidation sites excluding steroid dienone is 1. The van der Waals surface area contributed by atoms with Crippen molar-refractivity contribution in [1.29, 1.82) is 0 Å². The predicted molar refractivity (Wildman–Crippen MR) is 78.6 cm³/mol. The Bertz CT molecular complexity index is 459. The molecule has 0 amide bonds. The van der Waals surface area contributed by atoms with Crippen LogP contribution in [0, 0.1) is 5.92 Å². The first-order chi connectivity index (χ1) is 8.88. The third kappa shape index (κ3) is 3.29. The Morgan fingerprint density at radius 3 is 2.53 bits per heavy atom. The van der Waals surface area contributed by atoms with Crippen molar-refractivity contribution in [2.24, 2.45) is 0 Å². The van der Waals surface area contributed by atoms with Gasteiger partial charge in [-0.25, -0.2) is 0 Å². The van der Waals surface area contributed by atoms with Crippen molar-refractivity contribution in [3.8, 4) is 0 Å². The Morgan fingerprint density at radius 2 is 1.74 bits per heavy atom. The summed E-state index contributed by atoms with van der Waals surface area (Å²) < 4.78 is 0. The molecule has 0 atom stereocenters. The standard InChI is InChI=1S/C18H23.Hf/c1-2-3-4-5-7-14-10-11-17-12-15-8-6-9-16(15)13-18(14)17;/h10-13H,2-9H2,1H3;. The van der Waals surface area contributed by atoms with Crippen molar-refractivity contribution in [1.82, 2.24) is 0 Å². The van der Waals surface area contributed by atoms with Gasteiger partial charge in [0, 0.05) is 31.8 Å². The van der Waals surface area contributed by atoms with Gasteiger partial charge in [0.05, 0.1) is 0 Å². The molecule has 1 radical (unpaired) electrons. The van der Waals surface area contributed by atoms with E-state index in [0.29, 0.717) is 0 Å². The topological polar surface area (TPSA) is 0 Å². The number of hydrogen-bond acceptors (Lipinski definition) is 0. The second-order valence-corrected chi connectivity index (χ2v) is 5.73. The fourth-order valence-electron chi connectivity index (χ4n) is 3.30. The van der Waals surface area contributed by atoms with E-state index in [1.54, 1.807) is 17.0 Å². The van der Waals surface area contributed by atoms with E-state index in [9.17, 15) is 0 Å². The monoisotopic (exact) mass is 419 g/mol. The number of hydrogen-bond donors (Lipinski definition) is 0. The van der Waals surface area contributed by atoms with E-state index in [1.807, 2.05) is 0 Å². The summed E-state index contributed by atoms with van der Waals surface area (Å²) in [4.78, 5) is 0. The molecule has 1 aromatic carbocycles. The molecule has 3 rings (SSSR count).